The summed E-state index contributed by atoms with van der Waals surface area (Å²) < 4.78 is 7.54. The average Bonchev–Trinajstić information content (AvgIpc) is 2.88. The average molecular weight is 295 g/mol. The number of furan rings is 1. The molecule has 0 atom stereocenters. The Morgan fingerprint density at radius 1 is 1.30 bits per heavy atom. The Morgan fingerprint density at radius 2 is 2.00 bits per heavy atom. The maximum Gasteiger partial charge on any atom is 0.313 e. The van der Waals surface area contributed by atoms with Crippen molar-refractivity contribution in [3.63, 3.8) is 0 Å². The summed E-state index contributed by atoms with van der Waals surface area (Å²) in [5.74, 6) is 1.50. The molecule has 7 heteroatoms. The highest BCUT2D eigenvalue weighted by molar-refractivity contribution is 7.99. The molecule has 2 aromatic rings. The lowest BCUT2D eigenvalue weighted by Crippen LogP contribution is -2.03. The molecule has 0 radical (unpaired) electrons. The SMILES string of the molecule is CCn1c(SCC(=O)O)nnc1-c1c(C)oc(C)c1C. The number of hydrogen-bond donors (Lipinski definition) is 1. The van der Waals surface area contributed by atoms with Crippen LogP contribution in [-0.4, -0.2) is 31.6 Å². The van der Waals surface area contributed by atoms with Crippen LogP contribution in [0.15, 0.2) is 9.57 Å². The van der Waals surface area contributed by atoms with E-state index in [1.54, 1.807) is 0 Å². The van der Waals surface area contributed by atoms with Gasteiger partial charge in [-0.25, -0.2) is 0 Å². The number of rotatable bonds is 5. The molecule has 2 heterocycles. The van der Waals surface area contributed by atoms with Gasteiger partial charge in [-0.2, -0.15) is 0 Å². The van der Waals surface area contributed by atoms with Crippen molar-refractivity contribution in [3.8, 4) is 11.4 Å². The molecule has 0 saturated heterocycles. The summed E-state index contributed by atoms with van der Waals surface area (Å²) in [6, 6.07) is 0. The third-order valence-electron chi connectivity index (χ3n) is 3.14. The molecule has 0 aliphatic heterocycles. The van der Waals surface area contributed by atoms with Crippen molar-refractivity contribution in [1.29, 1.82) is 0 Å². The fraction of sp³-hybridized carbons (Fsp3) is 0.462. The standard InChI is InChI=1S/C13H17N3O3S/c1-5-16-12(11-7(2)8(3)19-9(11)4)14-15-13(16)20-6-10(17)18/h5-6H2,1-4H3,(H,17,18). The van der Waals surface area contributed by atoms with E-state index in [4.69, 9.17) is 9.52 Å². The molecule has 0 aliphatic rings. The minimum Gasteiger partial charge on any atom is -0.481 e. The number of aryl methyl sites for hydroxylation is 2. The molecule has 0 amide bonds. The molecule has 6 nitrogen and oxygen atoms in total. The van der Waals surface area contributed by atoms with Crippen molar-refractivity contribution in [3.05, 3.63) is 17.1 Å². The molecular weight excluding hydrogens is 278 g/mol. The second kappa shape index (κ2) is 5.70. The van der Waals surface area contributed by atoms with Crippen LogP contribution < -0.4 is 0 Å². The number of thioether (sulfide) groups is 1. The Labute approximate surface area is 121 Å². The zero-order chi connectivity index (χ0) is 14.9. The van der Waals surface area contributed by atoms with Gasteiger partial charge in [0.25, 0.3) is 0 Å². The maximum absolute atomic E-state index is 10.7. The smallest absolute Gasteiger partial charge is 0.313 e. The van der Waals surface area contributed by atoms with Gasteiger partial charge in [-0.05, 0) is 27.7 Å². The topological polar surface area (TPSA) is 81.2 Å². The minimum atomic E-state index is -0.867. The molecule has 0 aliphatic carbocycles. The number of carbonyl (C=O) groups is 1. The zero-order valence-corrected chi connectivity index (χ0v) is 12.7. The van der Waals surface area contributed by atoms with E-state index >= 15 is 0 Å². The third kappa shape index (κ3) is 2.58. The van der Waals surface area contributed by atoms with Crippen LogP contribution in [0.3, 0.4) is 0 Å². The number of carboxylic acid groups (broad SMARTS) is 1. The lowest BCUT2D eigenvalue weighted by molar-refractivity contribution is -0.133. The van der Waals surface area contributed by atoms with Crippen LogP contribution in [0.4, 0.5) is 0 Å². The van der Waals surface area contributed by atoms with Crippen molar-refractivity contribution < 1.29 is 14.3 Å². The van der Waals surface area contributed by atoms with E-state index in [9.17, 15) is 4.79 Å². The number of carboxylic acids is 1. The van der Waals surface area contributed by atoms with Gasteiger partial charge >= 0.3 is 5.97 Å². The fourth-order valence-corrected chi connectivity index (χ4v) is 2.84. The quantitative estimate of drug-likeness (QED) is 0.854. The van der Waals surface area contributed by atoms with Crippen molar-refractivity contribution in [2.45, 2.75) is 39.4 Å². The zero-order valence-electron chi connectivity index (χ0n) is 11.9. The van der Waals surface area contributed by atoms with Crippen molar-refractivity contribution in [2.24, 2.45) is 0 Å². The summed E-state index contributed by atoms with van der Waals surface area (Å²) in [6.07, 6.45) is 0. The van der Waals surface area contributed by atoms with E-state index in [0.717, 1.165) is 28.5 Å². The van der Waals surface area contributed by atoms with Gasteiger partial charge in [0, 0.05) is 12.1 Å². The summed E-state index contributed by atoms with van der Waals surface area (Å²) in [5, 5.41) is 17.7. The van der Waals surface area contributed by atoms with Gasteiger partial charge in [0.05, 0.1) is 11.3 Å². The number of aromatic nitrogens is 3. The van der Waals surface area contributed by atoms with Gasteiger partial charge < -0.3 is 14.1 Å². The van der Waals surface area contributed by atoms with E-state index in [1.165, 1.54) is 11.8 Å². The molecular formula is C13H17N3O3S. The van der Waals surface area contributed by atoms with Crippen LogP contribution in [0.5, 0.6) is 0 Å². The summed E-state index contributed by atoms with van der Waals surface area (Å²) in [4.78, 5) is 10.7. The molecule has 0 aromatic carbocycles. The van der Waals surface area contributed by atoms with Crippen LogP contribution in [0.1, 0.15) is 24.0 Å². The second-order valence-electron chi connectivity index (χ2n) is 4.45. The van der Waals surface area contributed by atoms with E-state index in [0.29, 0.717) is 11.7 Å². The molecule has 2 rings (SSSR count). The van der Waals surface area contributed by atoms with Crippen LogP contribution in [0.2, 0.25) is 0 Å². The number of hydrogen-bond acceptors (Lipinski definition) is 5. The van der Waals surface area contributed by atoms with Crippen LogP contribution in [-0.2, 0) is 11.3 Å². The highest BCUT2D eigenvalue weighted by Crippen LogP contribution is 2.32. The Hall–Kier alpha value is -1.76. The number of aliphatic carboxylic acids is 1. The Bertz CT molecular complexity index is 646. The normalized spacial score (nSPS) is 11.0. The molecule has 108 valence electrons. The second-order valence-corrected chi connectivity index (χ2v) is 5.39. The molecule has 2 aromatic heterocycles. The number of nitrogens with zero attached hydrogens (tertiary/aromatic N) is 3. The molecule has 0 saturated carbocycles. The fourth-order valence-electron chi connectivity index (χ4n) is 2.11. The van der Waals surface area contributed by atoms with Gasteiger partial charge in [0.2, 0.25) is 0 Å². The van der Waals surface area contributed by atoms with Crippen molar-refractivity contribution >= 4 is 17.7 Å². The van der Waals surface area contributed by atoms with Gasteiger partial charge in [-0.3, -0.25) is 4.79 Å². The lowest BCUT2D eigenvalue weighted by Gasteiger charge is -2.06. The molecule has 1 N–H and O–H groups in total. The molecule has 20 heavy (non-hydrogen) atoms. The third-order valence-corrected chi connectivity index (χ3v) is 4.09. The molecule has 0 unspecified atom stereocenters. The minimum absolute atomic E-state index is 0.0273. The van der Waals surface area contributed by atoms with E-state index in [1.807, 2.05) is 32.3 Å². The van der Waals surface area contributed by atoms with Gasteiger partial charge in [-0.1, -0.05) is 11.8 Å². The van der Waals surface area contributed by atoms with E-state index in [-0.39, 0.29) is 5.75 Å². The molecule has 0 spiro atoms. The summed E-state index contributed by atoms with van der Waals surface area (Å²) in [7, 11) is 0. The van der Waals surface area contributed by atoms with E-state index in [2.05, 4.69) is 10.2 Å². The van der Waals surface area contributed by atoms with Crippen molar-refractivity contribution in [1.82, 2.24) is 14.8 Å². The molecule has 0 fully saturated rings. The maximum atomic E-state index is 10.7. The Kier molecular flexibility index (Phi) is 4.17. The van der Waals surface area contributed by atoms with E-state index < -0.39 is 5.97 Å². The lowest BCUT2D eigenvalue weighted by atomic mass is 10.1. The first-order valence-electron chi connectivity index (χ1n) is 6.30. The van der Waals surface area contributed by atoms with Crippen molar-refractivity contribution in [2.75, 3.05) is 5.75 Å². The van der Waals surface area contributed by atoms with Crippen LogP contribution in [0, 0.1) is 20.8 Å². The van der Waals surface area contributed by atoms with Crippen LogP contribution >= 0.6 is 11.8 Å². The first-order chi connectivity index (χ1) is 9.45. The highest BCUT2D eigenvalue weighted by atomic mass is 32.2. The predicted molar refractivity (Wildman–Crippen MR) is 76.0 cm³/mol. The van der Waals surface area contributed by atoms with Gasteiger partial charge in [0.1, 0.15) is 11.5 Å². The first kappa shape index (κ1) is 14.6. The van der Waals surface area contributed by atoms with Gasteiger partial charge in [0.15, 0.2) is 11.0 Å². The monoisotopic (exact) mass is 295 g/mol. The largest absolute Gasteiger partial charge is 0.481 e. The summed E-state index contributed by atoms with van der Waals surface area (Å²) in [5.41, 5.74) is 1.98. The Morgan fingerprint density at radius 3 is 2.50 bits per heavy atom. The first-order valence-corrected chi connectivity index (χ1v) is 7.29. The highest BCUT2D eigenvalue weighted by Gasteiger charge is 2.21. The Balaban J connectivity index is 2.45. The van der Waals surface area contributed by atoms with Crippen LogP contribution in [0.25, 0.3) is 11.4 Å². The van der Waals surface area contributed by atoms with Gasteiger partial charge in [-0.15, -0.1) is 10.2 Å². The predicted octanol–water partition coefficient (Wildman–Crippen LogP) is 2.66. The summed E-state index contributed by atoms with van der Waals surface area (Å²) in [6.45, 7) is 8.45. The summed E-state index contributed by atoms with van der Waals surface area (Å²) >= 11 is 1.17. The molecule has 0 bridgehead atoms.